The van der Waals surface area contributed by atoms with E-state index in [4.69, 9.17) is 11.6 Å². The number of aliphatic hydroxyl groups excluding tert-OH is 1. The van der Waals surface area contributed by atoms with Gasteiger partial charge in [0.15, 0.2) is 0 Å². The molecule has 0 aliphatic heterocycles. The Morgan fingerprint density at radius 2 is 2.30 bits per heavy atom. The summed E-state index contributed by atoms with van der Waals surface area (Å²) >= 11 is 6.09. The van der Waals surface area contributed by atoms with Crippen molar-refractivity contribution in [2.45, 2.75) is 51.6 Å². The maximum Gasteiger partial charge on any atom is 0.291 e. The molecule has 1 aliphatic carbocycles. The van der Waals surface area contributed by atoms with Crippen LogP contribution in [0, 0.1) is 5.92 Å². The molecule has 0 aromatic carbocycles. The van der Waals surface area contributed by atoms with Crippen molar-refractivity contribution in [2.75, 3.05) is 11.9 Å². The first kappa shape index (κ1) is 15.3. The van der Waals surface area contributed by atoms with E-state index in [1.54, 1.807) is 0 Å². The summed E-state index contributed by atoms with van der Waals surface area (Å²) in [7, 11) is 0. The molecule has 2 rings (SSSR count). The molecule has 112 valence electrons. The van der Waals surface area contributed by atoms with Gasteiger partial charge < -0.3 is 10.4 Å². The highest BCUT2D eigenvalue weighted by Crippen LogP contribution is 2.28. The normalized spacial score (nSPS) is 18.4. The van der Waals surface area contributed by atoms with Gasteiger partial charge in [0.25, 0.3) is 5.56 Å². The van der Waals surface area contributed by atoms with Gasteiger partial charge >= 0.3 is 0 Å². The van der Waals surface area contributed by atoms with Gasteiger partial charge in [-0.25, -0.2) is 4.68 Å². The maximum absolute atomic E-state index is 12.4. The predicted molar refractivity (Wildman–Crippen MR) is 80.3 cm³/mol. The molecule has 1 aromatic heterocycles. The van der Waals surface area contributed by atoms with Crippen LogP contribution in [0.3, 0.4) is 0 Å². The Kier molecular flexibility index (Phi) is 4.70. The Hall–Kier alpha value is -1.07. The number of anilines is 1. The first-order valence-electron chi connectivity index (χ1n) is 7.14. The van der Waals surface area contributed by atoms with E-state index in [0.29, 0.717) is 29.6 Å². The molecule has 1 unspecified atom stereocenters. The van der Waals surface area contributed by atoms with E-state index < -0.39 is 5.54 Å². The van der Waals surface area contributed by atoms with Gasteiger partial charge in [-0.2, -0.15) is 5.10 Å². The van der Waals surface area contributed by atoms with Gasteiger partial charge in [0.05, 0.1) is 23.4 Å². The number of nitrogens with one attached hydrogen (secondary N) is 1. The third-order valence-corrected chi connectivity index (χ3v) is 4.50. The standard InChI is InChI=1S/C14H22ClN3O2/c1-3-14(2,9-19)17-12-11(15)7-16-18(13(12)20)8-10-5-4-6-10/h7,10,17,19H,3-6,8-9H2,1-2H3. The zero-order valence-corrected chi connectivity index (χ0v) is 12.8. The van der Waals surface area contributed by atoms with E-state index in [1.807, 2.05) is 13.8 Å². The first-order valence-corrected chi connectivity index (χ1v) is 7.51. The Labute approximate surface area is 124 Å². The SMILES string of the molecule is CCC(C)(CO)Nc1c(Cl)cnn(CC2CCC2)c1=O. The number of halogens is 1. The van der Waals surface area contributed by atoms with Gasteiger partial charge in [-0.05, 0) is 32.1 Å². The van der Waals surface area contributed by atoms with Crippen molar-refractivity contribution in [3.8, 4) is 0 Å². The number of aromatic nitrogens is 2. The van der Waals surface area contributed by atoms with Crippen molar-refractivity contribution >= 4 is 17.3 Å². The average molecular weight is 300 g/mol. The van der Waals surface area contributed by atoms with E-state index >= 15 is 0 Å². The zero-order chi connectivity index (χ0) is 14.8. The second kappa shape index (κ2) is 6.14. The summed E-state index contributed by atoms with van der Waals surface area (Å²) in [4.78, 5) is 12.4. The predicted octanol–water partition coefficient (Wildman–Crippen LogP) is 2.27. The van der Waals surface area contributed by atoms with Gasteiger partial charge in [-0.1, -0.05) is 24.9 Å². The molecule has 1 heterocycles. The molecule has 0 radical (unpaired) electrons. The lowest BCUT2D eigenvalue weighted by atomic mass is 9.85. The summed E-state index contributed by atoms with van der Waals surface area (Å²) < 4.78 is 1.48. The molecular weight excluding hydrogens is 278 g/mol. The Morgan fingerprint density at radius 1 is 1.60 bits per heavy atom. The fourth-order valence-electron chi connectivity index (χ4n) is 2.17. The fourth-order valence-corrected chi connectivity index (χ4v) is 2.34. The molecule has 1 fully saturated rings. The highest BCUT2D eigenvalue weighted by molar-refractivity contribution is 6.33. The average Bonchev–Trinajstić information content (AvgIpc) is 2.40. The summed E-state index contributed by atoms with van der Waals surface area (Å²) in [5.41, 5.74) is -0.435. The lowest BCUT2D eigenvalue weighted by molar-refractivity contribution is 0.218. The van der Waals surface area contributed by atoms with Crippen LogP contribution in [0.1, 0.15) is 39.5 Å². The van der Waals surface area contributed by atoms with Crippen LogP contribution >= 0.6 is 11.6 Å². The Bertz CT molecular complexity index is 522. The molecule has 0 bridgehead atoms. The van der Waals surface area contributed by atoms with E-state index in [9.17, 15) is 9.90 Å². The quantitative estimate of drug-likeness (QED) is 0.845. The topological polar surface area (TPSA) is 67.2 Å². The second-order valence-electron chi connectivity index (χ2n) is 5.85. The van der Waals surface area contributed by atoms with Crippen LogP contribution in [0.15, 0.2) is 11.0 Å². The molecule has 1 saturated carbocycles. The Morgan fingerprint density at radius 3 is 2.80 bits per heavy atom. The second-order valence-corrected chi connectivity index (χ2v) is 6.26. The number of hydrogen-bond acceptors (Lipinski definition) is 4. The third kappa shape index (κ3) is 3.15. The van der Waals surface area contributed by atoms with Crippen molar-refractivity contribution in [3.63, 3.8) is 0 Å². The molecule has 6 heteroatoms. The van der Waals surface area contributed by atoms with Crippen LogP contribution in [0.5, 0.6) is 0 Å². The van der Waals surface area contributed by atoms with Crippen molar-refractivity contribution in [3.05, 3.63) is 21.6 Å². The zero-order valence-electron chi connectivity index (χ0n) is 12.0. The van der Waals surface area contributed by atoms with Crippen LogP contribution in [-0.4, -0.2) is 27.0 Å². The monoisotopic (exact) mass is 299 g/mol. The summed E-state index contributed by atoms with van der Waals surface area (Å²) in [6.07, 6.45) is 5.73. The maximum atomic E-state index is 12.4. The molecule has 1 aromatic rings. The van der Waals surface area contributed by atoms with Crippen molar-refractivity contribution in [1.82, 2.24) is 9.78 Å². The molecule has 1 atom stereocenters. The third-order valence-electron chi connectivity index (χ3n) is 4.21. The van der Waals surface area contributed by atoms with Gasteiger partial charge in [0.2, 0.25) is 0 Å². The van der Waals surface area contributed by atoms with E-state index in [1.165, 1.54) is 17.3 Å². The minimum atomic E-state index is -0.557. The van der Waals surface area contributed by atoms with E-state index in [0.717, 1.165) is 12.8 Å². The number of hydrogen-bond donors (Lipinski definition) is 2. The first-order chi connectivity index (χ1) is 9.49. The van der Waals surface area contributed by atoms with Crippen molar-refractivity contribution in [1.29, 1.82) is 0 Å². The van der Waals surface area contributed by atoms with E-state index in [2.05, 4.69) is 10.4 Å². The van der Waals surface area contributed by atoms with Crippen molar-refractivity contribution in [2.24, 2.45) is 5.92 Å². The lowest BCUT2D eigenvalue weighted by Gasteiger charge is -2.29. The molecule has 1 aliphatic rings. The number of aliphatic hydroxyl groups is 1. The number of rotatable bonds is 6. The largest absolute Gasteiger partial charge is 0.394 e. The summed E-state index contributed by atoms with van der Waals surface area (Å²) in [6.45, 7) is 4.39. The van der Waals surface area contributed by atoms with Gasteiger partial charge in [0, 0.05) is 6.54 Å². The highest BCUT2D eigenvalue weighted by Gasteiger charge is 2.25. The summed E-state index contributed by atoms with van der Waals surface area (Å²) in [6, 6.07) is 0. The van der Waals surface area contributed by atoms with Crippen LogP contribution in [0.25, 0.3) is 0 Å². The Balaban J connectivity index is 2.27. The minimum absolute atomic E-state index is 0.0653. The van der Waals surface area contributed by atoms with Gasteiger partial charge in [0.1, 0.15) is 5.69 Å². The summed E-state index contributed by atoms with van der Waals surface area (Å²) in [5.74, 6) is 0.546. The highest BCUT2D eigenvalue weighted by atomic mass is 35.5. The van der Waals surface area contributed by atoms with Crippen LogP contribution in [-0.2, 0) is 6.54 Å². The molecule has 20 heavy (non-hydrogen) atoms. The molecule has 2 N–H and O–H groups in total. The minimum Gasteiger partial charge on any atom is -0.394 e. The van der Waals surface area contributed by atoms with Crippen LogP contribution in [0.2, 0.25) is 5.02 Å². The molecule has 5 nitrogen and oxygen atoms in total. The summed E-state index contributed by atoms with van der Waals surface area (Å²) in [5, 5.41) is 17.0. The smallest absolute Gasteiger partial charge is 0.291 e. The molecule has 0 amide bonds. The van der Waals surface area contributed by atoms with Crippen molar-refractivity contribution < 1.29 is 5.11 Å². The molecular formula is C14H22ClN3O2. The van der Waals surface area contributed by atoms with Crippen LogP contribution in [0.4, 0.5) is 5.69 Å². The molecule has 0 spiro atoms. The van der Waals surface area contributed by atoms with E-state index in [-0.39, 0.29) is 12.2 Å². The fraction of sp³-hybridized carbons (Fsp3) is 0.714. The number of nitrogens with zero attached hydrogens (tertiary/aromatic N) is 2. The van der Waals surface area contributed by atoms with Crippen LogP contribution < -0.4 is 10.9 Å². The lowest BCUT2D eigenvalue weighted by Crippen LogP contribution is -2.41. The molecule has 0 saturated heterocycles. The van der Waals surface area contributed by atoms with Gasteiger partial charge in [-0.3, -0.25) is 4.79 Å². The van der Waals surface area contributed by atoms with Gasteiger partial charge in [-0.15, -0.1) is 0 Å².